The first kappa shape index (κ1) is 41.9. The fourth-order valence-corrected chi connectivity index (χ4v) is 7.37. The third-order valence-corrected chi connectivity index (χ3v) is 10.9. The number of benzene rings is 5. The minimum Gasteiger partial charge on any atom is -0.489 e. The average Bonchev–Trinajstić information content (AvgIpc) is 3.24. The van der Waals surface area contributed by atoms with E-state index in [2.05, 4.69) is 11.4 Å². The van der Waals surface area contributed by atoms with E-state index in [1.165, 1.54) is 12.0 Å². The van der Waals surface area contributed by atoms with E-state index in [0.717, 1.165) is 38.9 Å². The molecular formula is C47H43Cl2N3O8. The number of rotatable bonds is 10. The van der Waals surface area contributed by atoms with Crippen LogP contribution in [0.25, 0.3) is 11.1 Å². The van der Waals surface area contributed by atoms with Gasteiger partial charge in [-0.2, -0.15) is 5.26 Å². The number of ether oxygens (including phenoxy) is 5. The molecule has 0 unspecified atom stereocenters. The molecule has 60 heavy (non-hydrogen) atoms. The number of nitrogens with one attached hydrogen (secondary N) is 1. The zero-order valence-corrected chi connectivity index (χ0v) is 35.0. The number of halogens is 2. The average molecular weight is 849 g/mol. The highest BCUT2D eigenvalue weighted by molar-refractivity contribution is 6.42. The van der Waals surface area contributed by atoms with Crippen molar-refractivity contribution in [3.8, 4) is 34.4 Å². The Morgan fingerprint density at radius 2 is 1.53 bits per heavy atom. The smallest absolute Gasteiger partial charge is 0.411 e. The van der Waals surface area contributed by atoms with Gasteiger partial charge in [0.1, 0.15) is 36.6 Å². The predicted octanol–water partition coefficient (Wildman–Crippen LogP) is 9.19. The summed E-state index contributed by atoms with van der Waals surface area (Å²) in [5.74, 6) is 0.542. The van der Waals surface area contributed by atoms with Crippen molar-refractivity contribution in [1.29, 1.82) is 5.26 Å². The Bertz CT molecular complexity index is 2430. The van der Waals surface area contributed by atoms with Gasteiger partial charge >= 0.3 is 12.1 Å². The standard InChI is InChI=1S/C47H43Cl2N3O8/c1-47(2,3)60-46(55)52-25-35-23-42-41(58-27-43(59-42)33-14-16-36(17-15-33)57-26-30-9-18-37(48)38(49)19-30)22-34(35)21-40(52)44(53)51-39(45(54)56-4)20-28-5-10-31(11-6-28)32-12-7-29(24-50)8-13-32/h5-19,22-23,39-40,43H,20-21,25-27H2,1-4H3,(H,51,53)/t39-,40-,43+/m0/s1. The van der Waals surface area contributed by atoms with E-state index in [4.69, 9.17) is 52.1 Å². The lowest BCUT2D eigenvalue weighted by Crippen LogP contribution is -2.56. The highest BCUT2D eigenvalue weighted by atomic mass is 35.5. The number of amides is 2. The lowest BCUT2D eigenvalue weighted by molar-refractivity contribution is -0.145. The number of hydrogen-bond acceptors (Lipinski definition) is 9. The fourth-order valence-electron chi connectivity index (χ4n) is 7.05. The van der Waals surface area contributed by atoms with Crippen molar-refractivity contribution >= 4 is 41.2 Å². The molecule has 0 radical (unpaired) electrons. The molecule has 5 aromatic carbocycles. The molecule has 2 aliphatic rings. The van der Waals surface area contributed by atoms with Crippen LogP contribution in [0.5, 0.6) is 17.2 Å². The molecule has 0 bridgehead atoms. The van der Waals surface area contributed by atoms with Gasteiger partial charge in [0.15, 0.2) is 17.6 Å². The SMILES string of the molecule is COC(=O)[C@H](Cc1ccc(-c2ccc(C#N)cc2)cc1)NC(=O)[C@@H]1Cc2cc3c(cc2CN1C(=O)OC(C)(C)C)O[C@@H](c1ccc(OCc2ccc(Cl)c(Cl)c2)cc1)CO3. The lowest BCUT2D eigenvalue weighted by Gasteiger charge is -2.38. The summed E-state index contributed by atoms with van der Waals surface area (Å²) in [5, 5.41) is 12.9. The summed E-state index contributed by atoms with van der Waals surface area (Å²) in [6, 6.07) is 31.5. The van der Waals surface area contributed by atoms with E-state index in [9.17, 15) is 14.4 Å². The minimum absolute atomic E-state index is 0.0498. The van der Waals surface area contributed by atoms with Crippen LogP contribution in [0, 0.1) is 11.3 Å². The Labute approximate surface area is 358 Å². The molecule has 308 valence electrons. The van der Waals surface area contributed by atoms with Gasteiger partial charge in [0.2, 0.25) is 5.91 Å². The van der Waals surface area contributed by atoms with Crippen molar-refractivity contribution < 1.29 is 38.1 Å². The molecule has 5 aromatic rings. The van der Waals surface area contributed by atoms with Gasteiger partial charge < -0.3 is 29.0 Å². The number of fused-ring (bicyclic) bond motifs is 2. The third-order valence-electron chi connectivity index (χ3n) is 10.2. The van der Waals surface area contributed by atoms with Crippen LogP contribution in [-0.4, -0.2) is 54.3 Å². The second kappa shape index (κ2) is 18.0. The number of carbonyl (C=O) groups is 3. The van der Waals surface area contributed by atoms with Gasteiger partial charge in [-0.1, -0.05) is 77.8 Å². The second-order valence-corrected chi connectivity index (χ2v) is 16.4. The molecule has 0 saturated heterocycles. The van der Waals surface area contributed by atoms with Crippen LogP contribution >= 0.6 is 23.2 Å². The van der Waals surface area contributed by atoms with Gasteiger partial charge in [0.05, 0.1) is 35.3 Å². The Balaban J connectivity index is 1.05. The summed E-state index contributed by atoms with van der Waals surface area (Å²) in [5.41, 5.74) is 5.73. The van der Waals surface area contributed by atoms with E-state index >= 15 is 0 Å². The summed E-state index contributed by atoms with van der Waals surface area (Å²) < 4.78 is 29.5. The van der Waals surface area contributed by atoms with E-state index in [0.29, 0.717) is 39.5 Å². The van der Waals surface area contributed by atoms with Crippen LogP contribution < -0.4 is 19.5 Å². The first-order valence-electron chi connectivity index (χ1n) is 19.4. The first-order chi connectivity index (χ1) is 28.8. The van der Waals surface area contributed by atoms with E-state index in [1.807, 2.05) is 78.9 Å². The van der Waals surface area contributed by atoms with Crippen molar-refractivity contribution in [1.82, 2.24) is 10.2 Å². The highest BCUT2D eigenvalue weighted by Gasteiger charge is 2.40. The molecule has 0 fully saturated rings. The number of methoxy groups -OCH3 is 1. The normalized spacial score (nSPS) is 16.1. The van der Waals surface area contributed by atoms with Gasteiger partial charge in [0, 0.05) is 12.8 Å². The Kier molecular flexibility index (Phi) is 12.5. The molecule has 2 heterocycles. The van der Waals surface area contributed by atoms with E-state index in [1.54, 1.807) is 45.0 Å². The van der Waals surface area contributed by atoms with Gasteiger partial charge in [-0.25, -0.2) is 9.59 Å². The zero-order chi connectivity index (χ0) is 42.6. The number of carbonyl (C=O) groups excluding carboxylic acids is 3. The maximum atomic E-state index is 14.2. The zero-order valence-electron chi connectivity index (χ0n) is 33.5. The number of nitrogens with zero attached hydrogens (tertiary/aromatic N) is 2. The monoisotopic (exact) mass is 847 g/mol. The molecule has 2 amide bonds. The second-order valence-electron chi connectivity index (χ2n) is 15.6. The molecule has 1 N–H and O–H groups in total. The molecule has 3 atom stereocenters. The lowest BCUT2D eigenvalue weighted by atomic mass is 9.92. The molecule has 0 aromatic heterocycles. The number of hydrogen-bond donors (Lipinski definition) is 1. The van der Waals surface area contributed by atoms with Crippen LogP contribution in [0.1, 0.15) is 60.3 Å². The summed E-state index contributed by atoms with van der Waals surface area (Å²) in [4.78, 5) is 42.4. The maximum absolute atomic E-state index is 14.2. The summed E-state index contributed by atoms with van der Waals surface area (Å²) in [7, 11) is 1.26. The molecule has 2 aliphatic heterocycles. The number of esters is 1. The predicted molar refractivity (Wildman–Crippen MR) is 226 cm³/mol. The molecular weight excluding hydrogens is 805 g/mol. The maximum Gasteiger partial charge on any atom is 0.411 e. The molecule has 0 spiro atoms. The summed E-state index contributed by atoms with van der Waals surface area (Å²) in [6.45, 7) is 5.89. The Hall–Kier alpha value is -6.22. The topological polar surface area (TPSA) is 136 Å². The Morgan fingerprint density at radius 3 is 2.18 bits per heavy atom. The molecule has 11 nitrogen and oxygen atoms in total. The summed E-state index contributed by atoms with van der Waals surface area (Å²) in [6.07, 6.45) is -0.797. The van der Waals surface area contributed by atoms with Crippen molar-refractivity contribution in [3.05, 3.63) is 147 Å². The molecule has 13 heteroatoms. The van der Waals surface area contributed by atoms with Crippen molar-refractivity contribution in [2.75, 3.05) is 13.7 Å². The van der Waals surface area contributed by atoms with Crippen LogP contribution in [0.2, 0.25) is 10.0 Å². The van der Waals surface area contributed by atoms with Crippen molar-refractivity contribution in [3.63, 3.8) is 0 Å². The third kappa shape index (κ3) is 9.96. The van der Waals surface area contributed by atoms with Gasteiger partial charge in [-0.05, 0) is 108 Å². The van der Waals surface area contributed by atoms with Crippen molar-refractivity contribution in [2.45, 2.75) is 70.6 Å². The van der Waals surface area contributed by atoms with Gasteiger partial charge in [-0.3, -0.25) is 9.69 Å². The van der Waals surface area contributed by atoms with Gasteiger partial charge in [-0.15, -0.1) is 0 Å². The van der Waals surface area contributed by atoms with Crippen LogP contribution in [-0.2, 0) is 45.1 Å². The van der Waals surface area contributed by atoms with E-state index < -0.39 is 41.8 Å². The quantitative estimate of drug-likeness (QED) is 0.137. The molecule has 0 aliphatic carbocycles. The van der Waals surface area contributed by atoms with Crippen LogP contribution in [0.3, 0.4) is 0 Å². The first-order valence-corrected chi connectivity index (χ1v) is 20.1. The fraction of sp³-hybridized carbons (Fsp3) is 0.277. The summed E-state index contributed by atoms with van der Waals surface area (Å²) >= 11 is 12.2. The largest absolute Gasteiger partial charge is 0.489 e. The Morgan fingerprint density at radius 1 is 0.867 bits per heavy atom. The number of nitriles is 1. The molecule has 0 saturated carbocycles. The van der Waals surface area contributed by atoms with Gasteiger partial charge in [0.25, 0.3) is 0 Å². The molecule has 7 rings (SSSR count). The van der Waals surface area contributed by atoms with E-state index in [-0.39, 0.29) is 26.0 Å². The van der Waals surface area contributed by atoms with Crippen molar-refractivity contribution in [2.24, 2.45) is 0 Å². The minimum atomic E-state index is -1.04. The van der Waals surface area contributed by atoms with Crippen LogP contribution in [0.4, 0.5) is 4.79 Å². The van der Waals surface area contributed by atoms with Crippen LogP contribution in [0.15, 0.2) is 103 Å². The highest BCUT2D eigenvalue weighted by Crippen LogP contribution is 2.41.